The molecule has 54 valence electrons. The lowest BCUT2D eigenvalue weighted by Crippen LogP contribution is -2.77. The molecule has 0 unspecified atom stereocenters. The third-order valence-corrected chi connectivity index (χ3v) is 0.846. The molecule has 2 N–H and O–H groups in total. The summed E-state index contributed by atoms with van der Waals surface area (Å²) in [5, 5.41) is 9.76. The van der Waals surface area contributed by atoms with Crippen molar-refractivity contribution in [2.45, 2.75) is 6.42 Å². The first-order valence-corrected chi connectivity index (χ1v) is 3.04. The quantitative estimate of drug-likeness (QED) is 0.304. The summed E-state index contributed by atoms with van der Waals surface area (Å²) >= 11 is 0. The Morgan fingerprint density at radius 3 is 3.00 bits per heavy atom. The Morgan fingerprint density at radius 1 is 1.67 bits per heavy atom. The van der Waals surface area contributed by atoms with E-state index in [0.29, 0.717) is 19.8 Å². The van der Waals surface area contributed by atoms with Crippen molar-refractivity contribution in [3.05, 3.63) is 17.9 Å². The van der Waals surface area contributed by atoms with E-state index in [0.717, 1.165) is 11.9 Å². The molecule has 0 aliphatic rings. The van der Waals surface area contributed by atoms with Gasteiger partial charge in [0.2, 0.25) is 0 Å². The van der Waals surface area contributed by atoms with E-state index >= 15 is 0 Å². The predicted molar refractivity (Wildman–Crippen MR) is 35.8 cm³/mol. The Morgan fingerprint density at radius 2 is 2.44 bits per heavy atom. The van der Waals surface area contributed by atoms with Gasteiger partial charge in [0.1, 0.15) is 0 Å². The molecule has 0 atom stereocenters. The zero-order valence-corrected chi connectivity index (χ0v) is 5.51. The van der Waals surface area contributed by atoms with Crippen molar-refractivity contribution in [2.24, 2.45) is 0 Å². The van der Waals surface area contributed by atoms with Crippen LogP contribution in [0.1, 0.15) is 6.42 Å². The molecule has 3 nitrogen and oxygen atoms in total. The standard InChI is InChI=1S/C6H13NO2/c1-2-5-9-6-3-4-7-8/h2H,1,3-7H2. The molecule has 0 rings (SSSR count). The van der Waals surface area contributed by atoms with Gasteiger partial charge in [-0.1, -0.05) is 6.08 Å². The SMILES string of the molecule is C=CCOCCC[NH2+][O-]. The second-order valence-corrected chi connectivity index (χ2v) is 1.67. The molecule has 0 saturated heterocycles. The molecule has 9 heavy (non-hydrogen) atoms. The van der Waals surface area contributed by atoms with Crippen LogP contribution in [0.15, 0.2) is 12.7 Å². The number of hydroxylamine groups is 1. The molecule has 0 saturated carbocycles. The maximum Gasteiger partial charge on any atom is 0.0774 e. The monoisotopic (exact) mass is 131 g/mol. The minimum absolute atomic E-state index is 0.582. The fraction of sp³-hybridized carbons (Fsp3) is 0.667. The molecule has 0 bridgehead atoms. The van der Waals surface area contributed by atoms with E-state index in [2.05, 4.69) is 6.58 Å². The number of ether oxygens (including phenoxy) is 1. The lowest BCUT2D eigenvalue weighted by atomic mass is 10.5. The number of rotatable bonds is 6. The van der Waals surface area contributed by atoms with Gasteiger partial charge in [-0.05, 0) is 0 Å². The van der Waals surface area contributed by atoms with Crippen LogP contribution in [-0.2, 0) is 4.74 Å². The second-order valence-electron chi connectivity index (χ2n) is 1.67. The highest BCUT2D eigenvalue weighted by Gasteiger charge is 1.83. The highest BCUT2D eigenvalue weighted by molar-refractivity contribution is 4.63. The van der Waals surface area contributed by atoms with Crippen molar-refractivity contribution in [3.8, 4) is 0 Å². The van der Waals surface area contributed by atoms with Crippen molar-refractivity contribution >= 4 is 0 Å². The summed E-state index contributed by atoms with van der Waals surface area (Å²) in [7, 11) is 0. The highest BCUT2D eigenvalue weighted by Crippen LogP contribution is 1.77. The summed E-state index contributed by atoms with van der Waals surface area (Å²) in [6.07, 6.45) is 2.51. The predicted octanol–water partition coefficient (Wildman–Crippen LogP) is -0.360. The van der Waals surface area contributed by atoms with E-state index in [1.165, 1.54) is 0 Å². The van der Waals surface area contributed by atoms with Crippen LogP contribution in [0.5, 0.6) is 0 Å². The minimum Gasteiger partial charge on any atom is -0.636 e. The van der Waals surface area contributed by atoms with Crippen molar-refractivity contribution in [1.29, 1.82) is 0 Å². The van der Waals surface area contributed by atoms with Gasteiger partial charge in [-0.2, -0.15) is 0 Å². The third-order valence-electron chi connectivity index (χ3n) is 0.846. The zero-order valence-electron chi connectivity index (χ0n) is 5.51. The molecule has 0 heterocycles. The van der Waals surface area contributed by atoms with Crippen LogP contribution in [0.4, 0.5) is 0 Å². The molecule has 0 amide bonds. The lowest BCUT2D eigenvalue weighted by molar-refractivity contribution is -0.589. The van der Waals surface area contributed by atoms with Crippen molar-refractivity contribution in [1.82, 2.24) is 0 Å². The molecule has 0 aromatic heterocycles. The van der Waals surface area contributed by atoms with Crippen molar-refractivity contribution in [3.63, 3.8) is 0 Å². The maximum absolute atomic E-state index is 9.76. The van der Waals surface area contributed by atoms with E-state index < -0.39 is 0 Å². The summed E-state index contributed by atoms with van der Waals surface area (Å²) < 4.78 is 5.01. The topological polar surface area (TPSA) is 48.9 Å². The summed E-state index contributed by atoms with van der Waals surface area (Å²) in [4.78, 5) is 0. The van der Waals surface area contributed by atoms with Gasteiger partial charge in [0.25, 0.3) is 0 Å². The van der Waals surface area contributed by atoms with Crippen LogP contribution < -0.4 is 5.48 Å². The lowest BCUT2D eigenvalue weighted by Gasteiger charge is -2.01. The molecule has 0 spiro atoms. The van der Waals surface area contributed by atoms with Gasteiger partial charge in [0.05, 0.1) is 19.8 Å². The average Bonchev–Trinajstić information content (AvgIpc) is 1.89. The van der Waals surface area contributed by atoms with Gasteiger partial charge >= 0.3 is 0 Å². The molecule has 0 fully saturated rings. The largest absolute Gasteiger partial charge is 0.636 e. The molecule has 0 aliphatic carbocycles. The first kappa shape index (κ1) is 8.62. The molecular formula is C6H13NO2. The van der Waals surface area contributed by atoms with Crippen LogP contribution in [0.2, 0.25) is 0 Å². The zero-order chi connectivity index (χ0) is 6.95. The van der Waals surface area contributed by atoms with Crippen LogP contribution in [0.3, 0.4) is 0 Å². The van der Waals surface area contributed by atoms with Gasteiger partial charge in [0, 0.05) is 6.42 Å². The molecular weight excluding hydrogens is 118 g/mol. The fourth-order valence-corrected chi connectivity index (χ4v) is 0.435. The fourth-order valence-electron chi connectivity index (χ4n) is 0.435. The van der Waals surface area contributed by atoms with Gasteiger partial charge in [-0.15, -0.1) is 6.58 Å². The van der Waals surface area contributed by atoms with Gasteiger partial charge in [-0.25, -0.2) is 0 Å². The Balaban J connectivity index is 2.66. The van der Waals surface area contributed by atoms with Crippen LogP contribution in [0, 0.1) is 5.21 Å². The first-order chi connectivity index (χ1) is 4.41. The first-order valence-electron chi connectivity index (χ1n) is 3.04. The number of nitrogens with two attached hydrogens (primary N) is 1. The Bertz CT molecular complexity index is 66.1. The summed E-state index contributed by atoms with van der Waals surface area (Å²) in [5.41, 5.74) is 0.900. The van der Waals surface area contributed by atoms with E-state index in [4.69, 9.17) is 4.74 Å². The Hall–Kier alpha value is -0.380. The van der Waals surface area contributed by atoms with Gasteiger partial charge in [-0.3, -0.25) is 0 Å². The van der Waals surface area contributed by atoms with E-state index in [1.54, 1.807) is 6.08 Å². The normalized spacial score (nSPS) is 9.44. The van der Waals surface area contributed by atoms with Gasteiger partial charge in [0.15, 0.2) is 0 Å². The Kier molecular flexibility index (Phi) is 7.30. The van der Waals surface area contributed by atoms with E-state index in [-0.39, 0.29) is 0 Å². The molecule has 3 heteroatoms. The molecule has 0 aromatic rings. The molecule has 0 radical (unpaired) electrons. The van der Waals surface area contributed by atoms with Crippen molar-refractivity contribution < 1.29 is 10.2 Å². The van der Waals surface area contributed by atoms with Gasteiger partial charge < -0.3 is 15.4 Å². The average molecular weight is 131 g/mol. The number of hydrogen-bond acceptors (Lipinski definition) is 2. The second kappa shape index (κ2) is 7.62. The van der Waals surface area contributed by atoms with Crippen molar-refractivity contribution in [2.75, 3.05) is 19.8 Å². The maximum atomic E-state index is 9.76. The third kappa shape index (κ3) is 7.62. The summed E-state index contributed by atoms with van der Waals surface area (Å²) in [6, 6.07) is 0. The Labute approximate surface area is 55.3 Å². The van der Waals surface area contributed by atoms with Crippen LogP contribution in [0.25, 0.3) is 0 Å². The number of quaternary nitrogens is 1. The smallest absolute Gasteiger partial charge is 0.0774 e. The van der Waals surface area contributed by atoms with E-state index in [9.17, 15) is 5.21 Å². The summed E-state index contributed by atoms with van der Waals surface area (Å²) in [6.45, 7) is 5.32. The minimum atomic E-state index is 0.582. The van der Waals surface area contributed by atoms with Crippen LogP contribution in [-0.4, -0.2) is 19.8 Å². The number of hydrogen-bond donors (Lipinski definition) is 1. The summed E-state index contributed by atoms with van der Waals surface area (Å²) in [5.74, 6) is 0. The molecule has 0 aromatic carbocycles. The van der Waals surface area contributed by atoms with E-state index in [1.807, 2.05) is 0 Å². The van der Waals surface area contributed by atoms with Crippen LogP contribution >= 0.6 is 0 Å². The highest BCUT2D eigenvalue weighted by atomic mass is 16.5. The molecule has 0 aliphatic heterocycles.